The van der Waals surface area contributed by atoms with Gasteiger partial charge in [0.1, 0.15) is 11.4 Å². The molecule has 0 aliphatic heterocycles. The van der Waals surface area contributed by atoms with Crippen molar-refractivity contribution >= 4 is 0 Å². The smallest absolute Gasteiger partial charge is 0.141 e. The summed E-state index contributed by atoms with van der Waals surface area (Å²) in [7, 11) is 0. The number of allylic oxidation sites excluding steroid dienone is 1. The molecule has 0 spiro atoms. The van der Waals surface area contributed by atoms with Crippen LogP contribution in [-0.2, 0) is 5.60 Å². The van der Waals surface area contributed by atoms with Gasteiger partial charge in [0.2, 0.25) is 0 Å². The normalized spacial score (nSPS) is 23.4. The Hall–Kier alpha value is -1.22. The minimum absolute atomic E-state index is 0.374. The molecule has 0 radical (unpaired) electrons. The van der Waals surface area contributed by atoms with Crippen LogP contribution in [0.25, 0.3) is 0 Å². The molecule has 1 aromatic rings. The zero-order valence-corrected chi connectivity index (χ0v) is 10.8. The third kappa shape index (κ3) is 2.96. The molecule has 2 rings (SSSR count). The van der Waals surface area contributed by atoms with Crippen LogP contribution < -0.4 is 0 Å². The van der Waals surface area contributed by atoms with Crippen molar-refractivity contribution in [1.82, 2.24) is 4.98 Å². The summed E-state index contributed by atoms with van der Waals surface area (Å²) in [6, 6.07) is 2.91. The van der Waals surface area contributed by atoms with E-state index < -0.39 is 5.60 Å². The van der Waals surface area contributed by atoms with Crippen molar-refractivity contribution in [3.8, 4) is 0 Å². The van der Waals surface area contributed by atoms with Crippen LogP contribution in [0.15, 0.2) is 30.0 Å². The van der Waals surface area contributed by atoms with Gasteiger partial charge in [0, 0.05) is 0 Å². The maximum Gasteiger partial charge on any atom is 0.141 e. The average Bonchev–Trinajstić information content (AvgIpc) is 2.28. The number of nitrogens with zero attached hydrogens (tertiary/aromatic N) is 1. The van der Waals surface area contributed by atoms with E-state index in [9.17, 15) is 9.50 Å². The minimum atomic E-state index is -1.08. The Balaban J connectivity index is 2.25. The summed E-state index contributed by atoms with van der Waals surface area (Å²) < 4.78 is 12.9. The number of hydrogen-bond donors (Lipinski definition) is 1. The molecule has 1 aliphatic carbocycles. The Morgan fingerprint density at radius 3 is 2.72 bits per heavy atom. The third-order valence-corrected chi connectivity index (χ3v) is 3.64. The lowest BCUT2D eigenvalue weighted by atomic mass is 9.85. The summed E-state index contributed by atoms with van der Waals surface area (Å²) in [5, 5.41) is 10.7. The van der Waals surface area contributed by atoms with Gasteiger partial charge in [-0.2, -0.15) is 0 Å². The fourth-order valence-corrected chi connectivity index (χ4v) is 2.46. The van der Waals surface area contributed by atoms with E-state index >= 15 is 0 Å². The Labute approximate surface area is 108 Å². The molecule has 1 unspecified atom stereocenters. The highest BCUT2D eigenvalue weighted by atomic mass is 19.1. The van der Waals surface area contributed by atoms with E-state index in [4.69, 9.17) is 0 Å². The molecule has 0 bridgehead atoms. The maximum atomic E-state index is 12.9. The molecule has 1 heterocycles. The van der Waals surface area contributed by atoms with Crippen LogP contribution in [0.5, 0.6) is 0 Å². The quantitative estimate of drug-likeness (QED) is 0.810. The van der Waals surface area contributed by atoms with Crippen molar-refractivity contribution in [2.24, 2.45) is 0 Å². The van der Waals surface area contributed by atoms with E-state index in [0.29, 0.717) is 5.69 Å². The highest BCUT2D eigenvalue weighted by Gasteiger charge is 2.29. The zero-order valence-electron chi connectivity index (χ0n) is 10.8. The number of aromatic nitrogens is 1. The van der Waals surface area contributed by atoms with Gasteiger partial charge in [-0.15, -0.1) is 0 Å². The van der Waals surface area contributed by atoms with Crippen LogP contribution in [0.2, 0.25) is 0 Å². The fraction of sp³-hybridized carbons (Fsp3) is 0.533. The van der Waals surface area contributed by atoms with Gasteiger partial charge in [-0.25, -0.2) is 4.39 Å². The van der Waals surface area contributed by atoms with Crippen LogP contribution in [0.1, 0.15) is 51.1 Å². The van der Waals surface area contributed by atoms with Crippen molar-refractivity contribution in [2.75, 3.05) is 0 Å². The maximum absolute atomic E-state index is 12.9. The van der Waals surface area contributed by atoms with E-state index in [1.54, 1.807) is 13.0 Å². The van der Waals surface area contributed by atoms with Gasteiger partial charge in [-0.1, -0.05) is 18.9 Å². The lowest BCUT2D eigenvalue weighted by molar-refractivity contribution is 0.0874. The molecule has 98 valence electrons. The summed E-state index contributed by atoms with van der Waals surface area (Å²) in [5.41, 5.74) is 0.461. The number of aliphatic hydroxyl groups is 1. The number of rotatable bonds is 2. The van der Waals surface area contributed by atoms with E-state index in [1.807, 2.05) is 0 Å². The minimum Gasteiger partial charge on any atom is -0.379 e. The number of halogens is 1. The van der Waals surface area contributed by atoms with Crippen molar-refractivity contribution in [2.45, 2.75) is 51.0 Å². The van der Waals surface area contributed by atoms with Gasteiger partial charge < -0.3 is 5.11 Å². The van der Waals surface area contributed by atoms with Crippen molar-refractivity contribution in [1.29, 1.82) is 0 Å². The van der Waals surface area contributed by atoms with E-state index in [0.717, 1.165) is 31.0 Å². The lowest BCUT2D eigenvalue weighted by Crippen LogP contribution is -2.26. The van der Waals surface area contributed by atoms with Crippen molar-refractivity contribution < 1.29 is 9.50 Å². The fourth-order valence-electron chi connectivity index (χ4n) is 2.46. The molecule has 0 amide bonds. The first-order valence-corrected chi connectivity index (χ1v) is 6.64. The highest BCUT2D eigenvalue weighted by Crippen LogP contribution is 2.33. The molecule has 0 fully saturated rings. The molecule has 1 aromatic heterocycles. The Bertz CT molecular complexity index is 423. The molecule has 2 nitrogen and oxygen atoms in total. The van der Waals surface area contributed by atoms with Gasteiger partial charge in [0.25, 0.3) is 0 Å². The van der Waals surface area contributed by atoms with Gasteiger partial charge in [0.15, 0.2) is 0 Å². The second kappa shape index (κ2) is 5.61. The Morgan fingerprint density at radius 2 is 2.00 bits per heavy atom. The molecule has 1 aliphatic rings. The molecule has 1 atom stereocenters. The first-order valence-electron chi connectivity index (χ1n) is 6.64. The van der Waals surface area contributed by atoms with Gasteiger partial charge in [-0.05, 0) is 50.3 Å². The zero-order chi connectivity index (χ0) is 13.0. The van der Waals surface area contributed by atoms with E-state index in [2.05, 4.69) is 11.1 Å². The van der Waals surface area contributed by atoms with Gasteiger partial charge in [-0.3, -0.25) is 4.98 Å². The van der Waals surface area contributed by atoms with Crippen LogP contribution in [0, 0.1) is 5.82 Å². The van der Waals surface area contributed by atoms with E-state index in [1.165, 1.54) is 25.3 Å². The summed E-state index contributed by atoms with van der Waals surface area (Å²) in [4.78, 5) is 4.01. The van der Waals surface area contributed by atoms with Gasteiger partial charge >= 0.3 is 0 Å². The molecule has 0 saturated heterocycles. The van der Waals surface area contributed by atoms with Crippen LogP contribution in [0.3, 0.4) is 0 Å². The Morgan fingerprint density at radius 1 is 1.22 bits per heavy atom. The second-order valence-electron chi connectivity index (χ2n) is 5.12. The second-order valence-corrected chi connectivity index (χ2v) is 5.12. The molecular weight excluding hydrogens is 229 g/mol. The van der Waals surface area contributed by atoms with E-state index in [-0.39, 0.29) is 5.82 Å². The Kier molecular flexibility index (Phi) is 4.12. The van der Waals surface area contributed by atoms with Gasteiger partial charge in [0.05, 0.1) is 11.9 Å². The molecule has 3 heteroatoms. The largest absolute Gasteiger partial charge is 0.379 e. The third-order valence-electron chi connectivity index (χ3n) is 3.64. The predicted molar refractivity (Wildman–Crippen MR) is 69.6 cm³/mol. The number of hydrogen-bond acceptors (Lipinski definition) is 2. The SMILES string of the molecule is CC(O)(/C1=C/CCCCCC1)c1ccc(F)cn1. The highest BCUT2D eigenvalue weighted by molar-refractivity contribution is 5.27. The van der Waals surface area contributed by atoms with Crippen molar-refractivity contribution in [3.05, 3.63) is 41.5 Å². The summed E-state index contributed by atoms with van der Waals surface area (Å²) in [6.07, 6.45) is 9.95. The molecule has 0 aromatic carbocycles. The van der Waals surface area contributed by atoms with Crippen LogP contribution in [0.4, 0.5) is 4.39 Å². The summed E-state index contributed by atoms with van der Waals surface area (Å²) in [6.45, 7) is 1.75. The molecule has 1 N–H and O–H groups in total. The monoisotopic (exact) mass is 249 g/mol. The first-order chi connectivity index (χ1) is 8.60. The molecular formula is C15H20FNO. The standard InChI is InChI=1S/C15H20FNO/c1-15(18,14-10-9-13(16)11-17-14)12-7-5-3-2-4-6-8-12/h7,9-11,18H,2-6,8H2,1H3/b12-7+. The molecule has 0 saturated carbocycles. The number of pyridine rings is 1. The average molecular weight is 249 g/mol. The molecule has 18 heavy (non-hydrogen) atoms. The van der Waals surface area contributed by atoms with Crippen molar-refractivity contribution in [3.63, 3.8) is 0 Å². The van der Waals surface area contributed by atoms with Crippen LogP contribution in [-0.4, -0.2) is 10.1 Å². The summed E-state index contributed by atoms with van der Waals surface area (Å²) >= 11 is 0. The predicted octanol–water partition coefficient (Wildman–Crippen LogP) is 3.71. The summed E-state index contributed by atoms with van der Waals surface area (Å²) in [5.74, 6) is -0.374. The van der Waals surface area contributed by atoms with Crippen LogP contribution >= 0.6 is 0 Å². The lowest BCUT2D eigenvalue weighted by Gasteiger charge is -2.27. The topological polar surface area (TPSA) is 33.1 Å². The first kappa shape index (κ1) is 13.2.